The van der Waals surface area contributed by atoms with E-state index in [1.807, 2.05) is 6.07 Å². The van der Waals surface area contributed by atoms with E-state index in [0.717, 1.165) is 5.56 Å². The highest BCUT2D eigenvalue weighted by molar-refractivity contribution is 6.32. The Labute approximate surface area is 87.5 Å². The lowest BCUT2D eigenvalue weighted by Gasteiger charge is -2.02. The first-order chi connectivity index (χ1) is 7.13. The van der Waals surface area contributed by atoms with Crippen LogP contribution < -0.4 is 4.74 Å². The van der Waals surface area contributed by atoms with Crippen LogP contribution in [0.4, 0.5) is 0 Å². The van der Waals surface area contributed by atoms with E-state index in [1.54, 1.807) is 25.3 Å². The zero-order valence-electron chi connectivity index (χ0n) is 8.40. The Morgan fingerprint density at radius 2 is 2.13 bits per heavy atom. The molecular formula is C11H12O4. The number of ketones is 1. The molecule has 0 aliphatic carbocycles. The Bertz CT molecular complexity index is 371. The van der Waals surface area contributed by atoms with E-state index >= 15 is 0 Å². The minimum Gasteiger partial charge on any atom is -0.497 e. The number of carbonyl (C=O) groups is 2. The molecule has 1 aromatic rings. The standard InChI is InChI=1S/C11H12O4/c1-15-9-4-2-3-8(7-9)5-6-10(12)11(13)14/h2-4,7H,5-6H2,1H3,(H,13,14). The predicted molar refractivity (Wildman–Crippen MR) is 54.0 cm³/mol. The zero-order valence-corrected chi connectivity index (χ0v) is 8.40. The third-order valence-corrected chi connectivity index (χ3v) is 2.01. The number of aryl methyl sites for hydroxylation is 1. The summed E-state index contributed by atoms with van der Waals surface area (Å²) in [5.41, 5.74) is 0.893. The molecule has 0 aliphatic heterocycles. The number of benzene rings is 1. The number of carbonyl (C=O) groups excluding carboxylic acids is 1. The summed E-state index contributed by atoms with van der Waals surface area (Å²) in [7, 11) is 1.56. The molecule has 4 nitrogen and oxygen atoms in total. The van der Waals surface area contributed by atoms with Gasteiger partial charge in [-0.3, -0.25) is 4.79 Å². The molecule has 4 heteroatoms. The average molecular weight is 208 g/mol. The van der Waals surface area contributed by atoms with Crippen molar-refractivity contribution >= 4 is 11.8 Å². The minimum absolute atomic E-state index is 0.0164. The normalized spacial score (nSPS) is 9.67. The van der Waals surface area contributed by atoms with Crippen molar-refractivity contribution in [2.75, 3.05) is 7.11 Å². The van der Waals surface area contributed by atoms with Crippen molar-refractivity contribution in [2.45, 2.75) is 12.8 Å². The van der Waals surface area contributed by atoms with Crippen LogP contribution in [-0.2, 0) is 16.0 Å². The zero-order chi connectivity index (χ0) is 11.3. The van der Waals surface area contributed by atoms with Crippen LogP contribution in [0.2, 0.25) is 0 Å². The molecule has 0 amide bonds. The second-order valence-electron chi connectivity index (χ2n) is 3.08. The van der Waals surface area contributed by atoms with Crippen LogP contribution in [0.1, 0.15) is 12.0 Å². The van der Waals surface area contributed by atoms with Gasteiger partial charge in [0.15, 0.2) is 0 Å². The van der Waals surface area contributed by atoms with Crippen molar-refractivity contribution in [3.8, 4) is 5.75 Å². The lowest BCUT2D eigenvalue weighted by molar-refractivity contribution is -0.149. The van der Waals surface area contributed by atoms with Crippen LogP contribution in [0, 0.1) is 0 Å². The summed E-state index contributed by atoms with van der Waals surface area (Å²) >= 11 is 0. The smallest absolute Gasteiger partial charge is 0.372 e. The molecule has 0 unspecified atom stereocenters. The van der Waals surface area contributed by atoms with Gasteiger partial charge in [0.05, 0.1) is 7.11 Å². The van der Waals surface area contributed by atoms with Gasteiger partial charge in [0.2, 0.25) is 5.78 Å². The molecule has 15 heavy (non-hydrogen) atoms. The van der Waals surface area contributed by atoms with Crippen molar-refractivity contribution < 1.29 is 19.4 Å². The minimum atomic E-state index is -1.38. The van der Waals surface area contributed by atoms with Crippen molar-refractivity contribution in [3.63, 3.8) is 0 Å². The maximum absolute atomic E-state index is 10.8. The fraction of sp³-hybridized carbons (Fsp3) is 0.273. The van der Waals surface area contributed by atoms with Gasteiger partial charge in [-0.15, -0.1) is 0 Å². The van der Waals surface area contributed by atoms with Gasteiger partial charge in [-0.2, -0.15) is 0 Å². The average Bonchev–Trinajstić information content (AvgIpc) is 2.26. The summed E-state index contributed by atoms with van der Waals surface area (Å²) in [5, 5.41) is 8.39. The molecule has 0 aliphatic rings. The number of rotatable bonds is 5. The van der Waals surface area contributed by atoms with Crippen molar-refractivity contribution in [2.24, 2.45) is 0 Å². The SMILES string of the molecule is COc1cccc(CCC(=O)C(=O)O)c1. The number of carboxylic acid groups (broad SMARTS) is 1. The topological polar surface area (TPSA) is 63.6 Å². The summed E-state index contributed by atoms with van der Waals surface area (Å²) in [6, 6.07) is 7.22. The Hall–Kier alpha value is -1.84. The third kappa shape index (κ3) is 3.42. The van der Waals surface area contributed by atoms with Crippen LogP contribution in [0.5, 0.6) is 5.75 Å². The van der Waals surface area contributed by atoms with E-state index in [-0.39, 0.29) is 6.42 Å². The molecule has 0 bridgehead atoms. The summed E-state index contributed by atoms with van der Waals surface area (Å²) < 4.78 is 5.01. The highest BCUT2D eigenvalue weighted by Crippen LogP contribution is 2.13. The van der Waals surface area contributed by atoms with E-state index in [9.17, 15) is 9.59 Å². The Morgan fingerprint density at radius 1 is 1.40 bits per heavy atom. The van der Waals surface area contributed by atoms with Crippen LogP contribution in [-0.4, -0.2) is 24.0 Å². The Balaban J connectivity index is 2.57. The number of aliphatic carboxylic acids is 1. The summed E-state index contributed by atoms with van der Waals surface area (Å²) in [6.45, 7) is 0. The van der Waals surface area contributed by atoms with E-state index < -0.39 is 11.8 Å². The molecule has 1 N–H and O–H groups in total. The molecule has 0 spiro atoms. The predicted octanol–water partition coefficient (Wildman–Crippen LogP) is 1.28. The van der Waals surface area contributed by atoms with Gasteiger partial charge < -0.3 is 9.84 Å². The van der Waals surface area contributed by atoms with Crippen molar-refractivity contribution in [3.05, 3.63) is 29.8 Å². The summed E-state index contributed by atoms with van der Waals surface area (Å²) in [5.74, 6) is -1.44. The lowest BCUT2D eigenvalue weighted by Crippen LogP contribution is -2.12. The van der Waals surface area contributed by atoms with Gasteiger partial charge in [-0.1, -0.05) is 12.1 Å². The summed E-state index contributed by atoms with van der Waals surface area (Å²) in [6.07, 6.45) is 0.435. The van der Waals surface area contributed by atoms with Gasteiger partial charge in [0, 0.05) is 6.42 Å². The maximum Gasteiger partial charge on any atom is 0.372 e. The van der Waals surface area contributed by atoms with E-state index in [4.69, 9.17) is 9.84 Å². The molecule has 0 heterocycles. The number of hydrogen-bond donors (Lipinski definition) is 1. The van der Waals surface area contributed by atoms with E-state index in [0.29, 0.717) is 12.2 Å². The van der Waals surface area contributed by atoms with Crippen LogP contribution in [0.15, 0.2) is 24.3 Å². The quantitative estimate of drug-likeness (QED) is 0.740. The van der Waals surface area contributed by atoms with Crippen molar-refractivity contribution in [1.29, 1.82) is 0 Å². The molecule has 80 valence electrons. The maximum atomic E-state index is 10.8. The third-order valence-electron chi connectivity index (χ3n) is 2.01. The molecule has 0 fully saturated rings. The van der Waals surface area contributed by atoms with Crippen LogP contribution >= 0.6 is 0 Å². The number of carboxylic acids is 1. The molecular weight excluding hydrogens is 196 g/mol. The van der Waals surface area contributed by atoms with Gasteiger partial charge in [-0.05, 0) is 24.1 Å². The highest BCUT2D eigenvalue weighted by Gasteiger charge is 2.10. The molecule has 0 radical (unpaired) electrons. The number of ether oxygens (including phenoxy) is 1. The number of Topliss-reactive ketones (excluding diaryl/α,β-unsaturated/α-hetero) is 1. The second-order valence-corrected chi connectivity index (χ2v) is 3.08. The molecule has 0 saturated heterocycles. The number of hydrogen-bond acceptors (Lipinski definition) is 3. The lowest BCUT2D eigenvalue weighted by atomic mass is 10.1. The van der Waals surface area contributed by atoms with Gasteiger partial charge in [-0.25, -0.2) is 4.79 Å². The summed E-state index contributed by atoms with van der Waals surface area (Å²) in [4.78, 5) is 21.1. The fourth-order valence-corrected chi connectivity index (χ4v) is 1.19. The Morgan fingerprint density at radius 3 is 2.73 bits per heavy atom. The second kappa shape index (κ2) is 5.14. The van der Waals surface area contributed by atoms with Gasteiger partial charge >= 0.3 is 5.97 Å². The van der Waals surface area contributed by atoms with E-state index in [2.05, 4.69) is 0 Å². The monoisotopic (exact) mass is 208 g/mol. The van der Waals surface area contributed by atoms with Crippen LogP contribution in [0.25, 0.3) is 0 Å². The first kappa shape index (κ1) is 11.2. The molecule has 1 aromatic carbocycles. The first-order valence-corrected chi connectivity index (χ1v) is 4.52. The largest absolute Gasteiger partial charge is 0.497 e. The molecule has 0 atom stereocenters. The van der Waals surface area contributed by atoms with Gasteiger partial charge in [0.25, 0.3) is 0 Å². The van der Waals surface area contributed by atoms with Gasteiger partial charge in [0.1, 0.15) is 5.75 Å². The molecule has 0 aromatic heterocycles. The van der Waals surface area contributed by atoms with Crippen molar-refractivity contribution in [1.82, 2.24) is 0 Å². The number of methoxy groups -OCH3 is 1. The molecule has 1 rings (SSSR count). The first-order valence-electron chi connectivity index (χ1n) is 4.52. The fourth-order valence-electron chi connectivity index (χ4n) is 1.19. The van der Waals surface area contributed by atoms with E-state index in [1.165, 1.54) is 0 Å². The molecule has 0 saturated carbocycles. The van der Waals surface area contributed by atoms with Crippen LogP contribution in [0.3, 0.4) is 0 Å². The Kier molecular flexibility index (Phi) is 3.85. The highest BCUT2D eigenvalue weighted by atomic mass is 16.5.